The van der Waals surface area contributed by atoms with E-state index in [9.17, 15) is 9.59 Å². The lowest BCUT2D eigenvalue weighted by Crippen LogP contribution is -2.46. The predicted molar refractivity (Wildman–Crippen MR) is 68.7 cm³/mol. The molecule has 1 aromatic rings. The van der Waals surface area contributed by atoms with Crippen LogP contribution < -0.4 is 4.90 Å². The molecule has 0 aromatic heterocycles. The number of ether oxygens (including phenoxy) is 1. The Labute approximate surface area is 114 Å². The molecule has 1 aliphatic heterocycles. The van der Waals surface area contributed by atoms with Crippen LogP contribution in [-0.4, -0.2) is 36.7 Å². The second-order valence-electron chi connectivity index (χ2n) is 3.74. The first kappa shape index (κ1) is 13.6. The van der Waals surface area contributed by atoms with Crippen molar-refractivity contribution < 1.29 is 19.4 Å². The largest absolute Gasteiger partial charge is 0.384 e. The van der Waals surface area contributed by atoms with Crippen molar-refractivity contribution in [1.82, 2.24) is 0 Å². The van der Waals surface area contributed by atoms with E-state index >= 15 is 0 Å². The Kier molecular flexibility index (Phi) is 4.17. The summed E-state index contributed by atoms with van der Waals surface area (Å²) in [5.41, 5.74) is 0.758. The summed E-state index contributed by atoms with van der Waals surface area (Å²) in [5.74, 6) is 4.23. The molecule has 98 valence electrons. The number of imide groups is 1. The van der Waals surface area contributed by atoms with Gasteiger partial charge in [-0.05, 0) is 18.2 Å². The molecule has 1 N–H and O–H groups in total. The SMILES string of the molecule is O=C1COCC(=O)N1c1ccc(Cl)cc1C#CCO. The number of hydrogen-bond donors (Lipinski definition) is 1. The van der Waals surface area contributed by atoms with E-state index in [-0.39, 0.29) is 19.8 Å². The molecule has 0 aliphatic carbocycles. The molecule has 1 aromatic carbocycles. The fourth-order valence-corrected chi connectivity index (χ4v) is 1.87. The maximum atomic E-state index is 11.8. The zero-order chi connectivity index (χ0) is 13.8. The number of aliphatic hydroxyl groups is 1. The van der Waals surface area contributed by atoms with Crippen LogP contribution in [0.1, 0.15) is 5.56 Å². The Morgan fingerprint density at radius 2 is 2.00 bits per heavy atom. The van der Waals surface area contributed by atoms with E-state index in [0.717, 1.165) is 4.90 Å². The van der Waals surface area contributed by atoms with Crippen molar-refractivity contribution in [2.24, 2.45) is 0 Å². The zero-order valence-electron chi connectivity index (χ0n) is 9.85. The highest BCUT2D eigenvalue weighted by molar-refractivity contribution is 6.31. The van der Waals surface area contributed by atoms with Gasteiger partial charge in [-0.25, -0.2) is 4.90 Å². The van der Waals surface area contributed by atoms with Gasteiger partial charge in [0.05, 0.1) is 11.3 Å². The molecule has 0 saturated carbocycles. The first-order chi connectivity index (χ1) is 9.13. The Morgan fingerprint density at radius 1 is 1.32 bits per heavy atom. The molecule has 1 heterocycles. The van der Waals surface area contributed by atoms with Crippen molar-refractivity contribution in [3.05, 3.63) is 28.8 Å². The van der Waals surface area contributed by atoms with E-state index in [1.165, 1.54) is 6.07 Å². The number of carbonyl (C=O) groups excluding carboxylic acids is 2. The number of morpholine rings is 1. The van der Waals surface area contributed by atoms with E-state index in [2.05, 4.69) is 11.8 Å². The topological polar surface area (TPSA) is 66.8 Å². The quantitative estimate of drug-likeness (QED) is 0.603. The van der Waals surface area contributed by atoms with Crippen LogP contribution in [0.3, 0.4) is 0 Å². The maximum absolute atomic E-state index is 11.8. The highest BCUT2D eigenvalue weighted by atomic mass is 35.5. The molecule has 19 heavy (non-hydrogen) atoms. The fourth-order valence-electron chi connectivity index (χ4n) is 1.70. The summed E-state index contributed by atoms with van der Waals surface area (Å²) in [5, 5.41) is 9.16. The van der Waals surface area contributed by atoms with Gasteiger partial charge in [0.25, 0.3) is 11.8 Å². The fraction of sp³-hybridized carbons (Fsp3) is 0.231. The van der Waals surface area contributed by atoms with Crippen LogP contribution in [0, 0.1) is 11.8 Å². The smallest absolute Gasteiger partial charge is 0.259 e. The number of benzene rings is 1. The highest BCUT2D eigenvalue weighted by Gasteiger charge is 2.29. The summed E-state index contributed by atoms with van der Waals surface area (Å²) < 4.78 is 4.85. The molecule has 1 aliphatic rings. The summed E-state index contributed by atoms with van der Waals surface area (Å²) in [6.07, 6.45) is 0. The molecule has 5 nitrogen and oxygen atoms in total. The summed E-state index contributed by atoms with van der Waals surface area (Å²) in [7, 11) is 0. The first-order valence-electron chi connectivity index (χ1n) is 5.46. The summed E-state index contributed by atoms with van der Waals surface area (Å²) in [4.78, 5) is 24.6. The van der Waals surface area contributed by atoms with E-state index in [0.29, 0.717) is 16.3 Å². The van der Waals surface area contributed by atoms with Crippen LogP contribution in [0.2, 0.25) is 5.02 Å². The van der Waals surface area contributed by atoms with Crippen LogP contribution in [-0.2, 0) is 14.3 Å². The first-order valence-corrected chi connectivity index (χ1v) is 5.84. The van der Waals surface area contributed by atoms with Gasteiger partial charge in [-0.15, -0.1) is 0 Å². The van der Waals surface area contributed by atoms with Crippen molar-refractivity contribution in [2.75, 3.05) is 24.7 Å². The van der Waals surface area contributed by atoms with Gasteiger partial charge in [0, 0.05) is 5.02 Å². The van der Waals surface area contributed by atoms with Crippen molar-refractivity contribution >= 4 is 29.1 Å². The third-order valence-electron chi connectivity index (χ3n) is 2.45. The molecule has 0 bridgehead atoms. The van der Waals surface area contributed by atoms with E-state index < -0.39 is 11.8 Å². The Hall–Kier alpha value is -1.87. The number of halogens is 1. The van der Waals surface area contributed by atoms with Crippen LogP contribution in [0.25, 0.3) is 0 Å². The number of rotatable bonds is 1. The summed E-state index contributed by atoms with van der Waals surface area (Å²) in [6.45, 7) is -0.626. The Morgan fingerprint density at radius 3 is 2.63 bits per heavy atom. The van der Waals surface area contributed by atoms with Crippen molar-refractivity contribution in [2.45, 2.75) is 0 Å². The standard InChI is InChI=1S/C13H10ClNO4/c14-10-3-4-11(9(6-10)2-1-5-16)15-12(17)7-19-8-13(15)18/h3-4,6,16H,5,7-8H2. The lowest BCUT2D eigenvalue weighted by Gasteiger charge is -2.25. The second-order valence-corrected chi connectivity index (χ2v) is 4.17. The van der Waals surface area contributed by atoms with Crippen molar-refractivity contribution in [3.8, 4) is 11.8 Å². The molecule has 0 atom stereocenters. The van der Waals surface area contributed by atoms with Crippen LogP contribution in [0.15, 0.2) is 18.2 Å². The molecule has 2 rings (SSSR count). The Bertz CT molecular complexity index is 572. The van der Waals surface area contributed by atoms with Gasteiger partial charge >= 0.3 is 0 Å². The van der Waals surface area contributed by atoms with E-state index in [1.807, 2.05) is 0 Å². The molecule has 2 amide bonds. The molecule has 1 fully saturated rings. The lowest BCUT2D eigenvalue weighted by atomic mass is 10.1. The van der Waals surface area contributed by atoms with E-state index in [4.69, 9.17) is 21.4 Å². The average Bonchev–Trinajstić information content (AvgIpc) is 2.38. The number of carbonyl (C=O) groups is 2. The summed E-state index contributed by atoms with van der Waals surface area (Å²) in [6, 6.07) is 4.65. The minimum Gasteiger partial charge on any atom is -0.384 e. The Balaban J connectivity index is 2.48. The van der Waals surface area contributed by atoms with Gasteiger partial charge in [-0.2, -0.15) is 0 Å². The average molecular weight is 280 g/mol. The monoisotopic (exact) mass is 279 g/mol. The van der Waals surface area contributed by atoms with Crippen molar-refractivity contribution in [1.29, 1.82) is 0 Å². The van der Waals surface area contributed by atoms with Gasteiger partial charge in [0.2, 0.25) is 0 Å². The zero-order valence-corrected chi connectivity index (χ0v) is 10.6. The van der Waals surface area contributed by atoms with Crippen LogP contribution in [0.4, 0.5) is 5.69 Å². The summed E-state index contributed by atoms with van der Waals surface area (Å²) >= 11 is 5.86. The van der Waals surface area contributed by atoms with Gasteiger partial charge < -0.3 is 9.84 Å². The van der Waals surface area contributed by atoms with E-state index in [1.54, 1.807) is 12.1 Å². The number of anilines is 1. The lowest BCUT2D eigenvalue weighted by molar-refractivity contribution is -0.138. The number of aliphatic hydroxyl groups excluding tert-OH is 1. The number of amides is 2. The predicted octanol–water partition coefficient (Wildman–Crippen LogP) is 0.574. The molecule has 0 unspecified atom stereocenters. The minimum atomic E-state index is -0.453. The third-order valence-corrected chi connectivity index (χ3v) is 2.69. The normalized spacial score (nSPS) is 15.2. The molecular formula is C13H10ClNO4. The van der Waals surface area contributed by atoms with Gasteiger partial charge in [0.15, 0.2) is 0 Å². The molecular weight excluding hydrogens is 270 g/mol. The second kappa shape index (κ2) is 5.85. The highest BCUT2D eigenvalue weighted by Crippen LogP contribution is 2.25. The minimum absolute atomic E-state index is 0.152. The molecule has 6 heteroatoms. The molecule has 0 spiro atoms. The van der Waals surface area contributed by atoms with Gasteiger partial charge in [-0.3, -0.25) is 9.59 Å². The number of hydrogen-bond acceptors (Lipinski definition) is 4. The molecule has 0 radical (unpaired) electrons. The van der Waals surface area contributed by atoms with Crippen LogP contribution >= 0.6 is 11.6 Å². The van der Waals surface area contributed by atoms with Gasteiger partial charge in [-0.1, -0.05) is 23.4 Å². The van der Waals surface area contributed by atoms with Gasteiger partial charge in [0.1, 0.15) is 19.8 Å². The van der Waals surface area contributed by atoms with Crippen molar-refractivity contribution in [3.63, 3.8) is 0 Å². The van der Waals surface area contributed by atoms with Crippen LogP contribution in [0.5, 0.6) is 0 Å². The third kappa shape index (κ3) is 2.93. The number of nitrogens with zero attached hydrogens (tertiary/aromatic N) is 1. The molecule has 1 saturated heterocycles. The maximum Gasteiger partial charge on any atom is 0.259 e.